The molecular formula is C29H34N2O2. The molecule has 4 heteroatoms. The third-order valence-electron chi connectivity index (χ3n) is 5.48. The predicted octanol–water partition coefficient (Wildman–Crippen LogP) is 4.60. The van der Waals surface area contributed by atoms with Crippen molar-refractivity contribution in [2.24, 2.45) is 0 Å². The van der Waals surface area contributed by atoms with E-state index in [-0.39, 0.29) is 5.78 Å². The zero-order valence-electron chi connectivity index (χ0n) is 20.3. The minimum absolute atomic E-state index is 0.00736. The second-order valence-corrected chi connectivity index (χ2v) is 7.79. The molecule has 33 heavy (non-hydrogen) atoms. The van der Waals surface area contributed by atoms with Gasteiger partial charge in [-0.2, -0.15) is 0 Å². The van der Waals surface area contributed by atoms with Gasteiger partial charge in [0.15, 0.2) is 5.78 Å². The Morgan fingerprint density at radius 2 is 1.73 bits per heavy atom. The molecule has 2 N–H and O–H groups in total. The number of nitrogens with one attached hydrogen (secondary N) is 1. The normalized spacial score (nSPS) is 11.9. The van der Waals surface area contributed by atoms with Gasteiger partial charge >= 0.3 is 0 Å². The minimum Gasteiger partial charge on any atom is -0.400 e. The Hall–Kier alpha value is -3.50. The van der Waals surface area contributed by atoms with Crippen molar-refractivity contribution >= 4 is 29.2 Å². The van der Waals surface area contributed by atoms with Gasteiger partial charge in [0.25, 0.3) is 0 Å². The summed E-state index contributed by atoms with van der Waals surface area (Å²) >= 11 is 0. The lowest BCUT2D eigenvalue weighted by Gasteiger charge is -2.13. The summed E-state index contributed by atoms with van der Waals surface area (Å²) in [7, 11) is 2.92. The number of pyridine rings is 1. The van der Waals surface area contributed by atoms with E-state index in [2.05, 4.69) is 66.3 Å². The van der Waals surface area contributed by atoms with Gasteiger partial charge in [0.1, 0.15) is 0 Å². The molecule has 0 radical (unpaired) electrons. The summed E-state index contributed by atoms with van der Waals surface area (Å²) in [5.74, 6) is -0.00736. The number of carbonyl (C=O) groups is 1. The number of hydrogen-bond acceptors (Lipinski definition) is 4. The maximum atomic E-state index is 12.4. The highest BCUT2D eigenvalue weighted by Crippen LogP contribution is 2.30. The van der Waals surface area contributed by atoms with E-state index in [4.69, 9.17) is 5.11 Å². The summed E-state index contributed by atoms with van der Waals surface area (Å²) in [4.78, 5) is 16.5. The number of aliphatic hydroxyl groups is 1. The van der Waals surface area contributed by atoms with Gasteiger partial charge in [-0.1, -0.05) is 56.3 Å². The number of aromatic nitrogens is 1. The van der Waals surface area contributed by atoms with Crippen molar-refractivity contribution in [3.63, 3.8) is 0 Å². The summed E-state index contributed by atoms with van der Waals surface area (Å²) in [5, 5.41) is 11.9. The molecule has 1 aromatic heterocycles. The summed E-state index contributed by atoms with van der Waals surface area (Å²) in [6, 6.07) is 17.0. The van der Waals surface area contributed by atoms with Crippen molar-refractivity contribution in [1.82, 2.24) is 4.98 Å². The van der Waals surface area contributed by atoms with Crippen LogP contribution in [0.25, 0.3) is 28.9 Å². The van der Waals surface area contributed by atoms with Crippen LogP contribution >= 0.6 is 0 Å². The third kappa shape index (κ3) is 6.50. The molecule has 0 amide bonds. The van der Waals surface area contributed by atoms with Gasteiger partial charge in [0.2, 0.25) is 0 Å². The van der Waals surface area contributed by atoms with E-state index in [1.165, 1.54) is 11.1 Å². The number of allylic oxidation sites excluding steroid dienone is 2. The molecule has 0 saturated carbocycles. The summed E-state index contributed by atoms with van der Waals surface area (Å²) < 4.78 is 0. The van der Waals surface area contributed by atoms with Crippen LogP contribution in [0.1, 0.15) is 38.3 Å². The van der Waals surface area contributed by atoms with Crippen molar-refractivity contribution in [3.05, 3.63) is 88.6 Å². The Morgan fingerprint density at radius 1 is 1.06 bits per heavy atom. The third-order valence-corrected chi connectivity index (χ3v) is 5.48. The van der Waals surface area contributed by atoms with Crippen LogP contribution in [0.5, 0.6) is 0 Å². The van der Waals surface area contributed by atoms with E-state index in [0.29, 0.717) is 5.57 Å². The van der Waals surface area contributed by atoms with Crippen LogP contribution in [0.3, 0.4) is 0 Å². The van der Waals surface area contributed by atoms with E-state index in [1.807, 2.05) is 26.1 Å². The molecule has 0 aliphatic heterocycles. The fourth-order valence-electron chi connectivity index (χ4n) is 3.76. The van der Waals surface area contributed by atoms with Gasteiger partial charge in [-0.25, -0.2) is 0 Å². The number of rotatable bonds is 7. The predicted molar refractivity (Wildman–Crippen MR) is 140 cm³/mol. The van der Waals surface area contributed by atoms with E-state index >= 15 is 0 Å². The molecule has 0 spiro atoms. The lowest BCUT2D eigenvalue weighted by molar-refractivity contribution is -0.111. The number of ketones is 1. The maximum Gasteiger partial charge on any atom is 0.160 e. The molecule has 0 unspecified atom stereocenters. The molecule has 0 aliphatic rings. The van der Waals surface area contributed by atoms with Gasteiger partial charge in [0.05, 0.1) is 0 Å². The molecule has 0 atom stereocenters. The van der Waals surface area contributed by atoms with Gasteiger partial charge in [-0.3, -0.25) is 9.78 Å². The Bertz CT molecular complexity index is 1230. The number of benzene rings is 2. The molecule has 0 aliphatic carbocycles. The Kier molecular flexibility index (Phi) is 9.77. The van der Waals surface area contributed by atoms with E-state index in [9.17, 15) is 4.79 Å². The summed E-state index contributed by atoms with van der Waals surface area (Å²) in [5.41, 5.74) is 7.42. The topological polar surface area (TPSA) is 62.2 Å². The van der Waals surface area contributed by atoms with Crippen LogP contribution in [-0.4, -0.2) is 30.0 Å². The summed E-state index contributed by atoms with van der Waals surface area (Å²) in [6.45, 7) is 9.85. The zero-order chi connectivity index (χ0) is 24.4. The highest BCUT2D eigenvalue weighted by molar-refractivity contribution is 6.18. The second-order valence-electron chi connectivity index (χ2n) is 7.79. The molecule has 0 saturated heterocycles. The van der Waals surface area contributed by atoms with Crippen molar-refractivity contribution in [2.45, 2.75) is 33.6 Å². The largest absolute Gasteiger partial charge is 0.400 e. The van der Waals surface area contributed by atoms with Gasteiger partial charge in [-0.15, -0.1) is 0 Å². The molecule has 1 heterocycles. The highest BCUT2D eigenvalue weighted by Gasteiger charge is 2.09. The van der Waals surface area contributed by atoms with Crippen molar-refractivity contribution in [3.8, 4) is 11.1 Å². The average Bonchev–Trinajstić information content (AvgIpc) is 2.84. The monoisotopic (exact) mass is 442 g/mol. The maximum absolute atomic E-state index is 12.4. The fraction of sp³-hybridized carbons (Fsp3) is 0.241. The lowest BCUT2D eigenvalue weighted by atomic mass is 9.96. The van der Waals surface area contributed by atoms with Crippen LogP contribution < -0.4 is 15.8 Å². The van der Waals surface area contributed by atoms with Crippen molar-refractivity contribution < 1.29 is 9.90 Å². The zero-order valence-corrected chi connectivity index (χ0v) is 20.3. The molecule has 172 valence electrons. The lowest BCUT2D eigenvalue weighted by Crippen LogP contribution is -2.27. The number of nitrogens with zero attached hydrogens (tertiary/aromatic N) is 1. The minimum atomic E-state index is -0.00736. The molecular weight excluding hydrogens is 408 g/mol. The van der Waals surface area contributed by atoms with Crippen LogP contribution in [-0.2, 0) is 11.2 Å². The molecule has 0 fully saturated rings. The molecule has 3 aromatic rings. The van der Waals surface area contributed by atoms with Gasteiger partial charge in [0, 0.05) is 48.6 Å². The molecule has 4 nitrogen and oxygen atoms in total. The van der Waals surface area contributed by atoms with Crippen LogP contribution in [0, 0.1) is 0 Å². The number of hydrogen-bond donors (Lipinski definition) is 2. The first-order valence-electron chi connectivity index (χ1n) is 11.1. The smallest absolute Gasteiger partial charge is 0.160 e. The number of carbonyl (C=O) groups excluding carboxylic acids is 1. The molecule has 2 aromatic carbocycles. The summed E-state index contributed by atoms with van der Waals surface area (Å²) in [6.07, 6.45) is 7.58. The first-order chi connectivity index (χ1) is 15.9. The van der Waals surface area contributed by atoms with Crippen molar-refractivity contribution in [2.75, 3.05) is 19.5 Å². The van der Waals surface area contributed by atoms with E-state index in [1.54, 1.807) is 19.3 Å². The molecule has 3 rings (SSSR count). The fourth-order valence-corrected chi connectivity index (χ4v) is 3.76. The number of aryl methyl sites for hydroxylation is 1. The standard InChI is InChI=1S/C28H30N2O.CH4O/c1-6-7-22-8-10-23(11-9-22)24-12-13-25(28(17-24)29-5)20(3)16-26(21(4)31)27-18-30-15-14-19(27)2;1-2/h8-18,29H,2,6-7H2,1,3-5H3;2H,1H3/b20-16+,27-26+;. The van der Waals surface area contributed by atoms with Gasteiger partial charge in [-0.05, 0) is 66.0 Å². The quantitative estimate of drug-likeness (QED) is 0.561. The van der Waals surface area contributed by atoms with Gasteiger partial charge < -0.3 is 10.4 Å². The Labute approximate surface area is 197 Å². The number of aliphatic hydroxyl groups excluding tert-OH is 1. The Morgan fingerprint density at radius 3 is 2.30 bits per heavy atom. The first-order valence-corrected chi connectivity index (χ1v) is 11.1. The highest BCUT2D eigenvalue weighted by atomic mass is 16.2. The van der Waals surface area contributed by atoms with Crippen LogP contribution in [0.2, 0.25) is 0 Å². The first kappa shape index (κ1) is 25.8. The van der Waals surface area contributed by atoms with E-state index in [0.717, 1.165) is 52.8 Å². The van der Waals surface area contributed by atoms with Crippen LogP contribution in [0.15, 0.2) is 67.0 Å². The number of Topliss-reactive ketones (excluding diaryl/α,β-unsaturated/α-hetero) is 1. The van der Waals surface area contributed by atoms with E-state index < -0.39 is 0 Å². The van der Waals surface area contributed by atoms with Crippen LogP contribution in [0.4, 0.5) is 5.69 Å². The Balaban J connectivity index is 0.00000187. The molecule has 0 bridgehead atoms. The average molecular weight is 443 g/mol. The number of anilines is 1. The SMILES string of the molecule is C=c1ccnc/c1=C(/C=C(\C)c1ccc(-c2ccc(CCC)cc2)cc1NC)C(C)=O.CO. The van der Waals surface area contributed by atoms with Crippen molar-refractivity contribution in [1.29, 1.82) is 0 Å². The second kappa shape index (κ2) is 12.5.